The molecule has 0 saturated heterocycles. The van der Waals surface area contributed by atoms with Gasteiger partial charge in [-0.2, -0.15) is 0 Å². The number of carbonyl (C=O) groups excluding carboxylic acids is 1. The maximum absolute atomic E-state index is 11.9. The van der Waals surface area contributed by atoms with E-state index in [2.05, 4.69) is 16.0 Å². The number of nitrogens with one attached hydrogen (secondary N) is 3. The molecule has 0 aliphatic heterocycles. The summed E-state index contributed by atoms with van der Waals surface area (Å²) in [6, 6.07) is 5.56. The highest BCUT2D eigenvalue weighted by atomic mass is 35.5. The second kappa shape index (κ2) is 7.16. The van der Waals surface area contributed by atoms with Gasteiger partial charge in [-0.25, -0.2) is 4.79 Å². The second-order valence-corrected chi connectivity index (χ2v) is 5.97. The van der Waals surface area contributed by atoms with Crippen molar-refractivity contribution in [2.45, 2.75) is 37.8 Å². The lowest BCUT2D eigenvalue weighted by molar-refractivity contribution is 0.241. The Labute approximate surface area is 129 Å². The number of amides is 2. The number of benzene rings is 1. The lowest BCUT2D eigenvalue weighted by atomic mass is 9.91. The summed E-state index contributed by atoms with van der Waals surface area (Å²) < 4.78 is 0. The predicted octanol–water partition coefficient (Wildman–Crippen LogP) is 3.65. The molecule has 3 N–H and O–H groups in total. The molecule has 1 aliphatic rings. The maximum Gasteiger partial charge on any atom is 0.319 e. The van der Waals surface area contributed by atoms with Gasteiger partial charge in [0.2, 0.25) is 0 Å². The number of anilines is 1. The fourth-order valence-electron chi connectivity index (χ4n) is 2.51. The van der Waals surface area contributed by atoms with Crippen LogP contribution in [0.4, 0.5) is 10.5 Å². The molecule has 1 fully saturated rings. The summed E-state index contributed by atoms with van der Waals surface area (Å²) in [4.78, 5) is 11.9. The van der Waals surface area contributed by atoms with Crippen molar-refractivity contribution in [1.82, 2.24) is 10.6 Å². The minimum absolute atomic E-state index is 0.212. The van der Waals surface area contributed by atoms with Crippen LogP contribution in [0.3, 0.4) is 0 Å². The Balaban J connectivity index is 1.83. The molecule has 0 aromatic heterocycles. The molecular formula is C14H19Cl2N3O. The highest BCUT2D eigenvalue weighted by Gasteiger charge is 2.21. The third kappa shape index (κ3) is 4.54. The number of hydrogen-bond acceptors (Lipinski definition) is 2. The van der Waals surface area contributed by atoms with E-state index in [0.717, 1.165) is 25.7 Å². The van der Waals surface area contributed by atoms with Crippen molar-refractivity contribution in [2.24, 2.45) is 0 Å². The standard InChI is InChI=1S/C14H19Cl2N3O/c1-17-11-2-4-12(5-3-11)18-14(20)19-13-7-9(15)6-10(16)8-13/h6-8,11-12,17H,2-5H2,1H3,(H2,18,19,20). The molecule has 2 rings (SSSR count). The first-order valence-corrected chi connectivity index (χ1v) is 7.53. The van der Waals surface area contributed by atoms with E-state index >= 15 is 0 Å². The topological polar surface area (TPSA) is 53.2 Å². The van der Waals surface area contributed by atoms with Gasteiger partial charge in [-0.15, -0.1) is 0 Å². The van der Waals surface area contributed by atoms with Crippen LogP contribution in [0, 0.1) is 0 Å². The number of urea groups is 1. The smallest absolute Gasteiger partial charge is 0.319 e. The van der Waals surface area contributed by atoms with Gasteiger partial charge >= 0.3 is 6.03 Å². The lowest BCUT2D eigenvalue weighted by Crippen LogP contribution is -2.43. The summed E-state index contributed by atoms with van der Waals surface area (Å²) in [6.07, 6.45) is 4.17. The minimum atomic E-state index is -0.212. The van der Waals surface area contributed by atoms with Gasteiger partial charge in [0, 0.05) is 27.8 Å². The Bertz CT molecular complexity index is 453. The molecule has 0 radical (unpaired) electrons. The molecule has 0 bridgehead atoms. The van der Waals surface area contributed by atoms with Crippen molar-refractivity contribution in [1.29, 1.82) is 0 Å². The molecule has 1 aliphatic carbocycles. The lowest BCUT2D eigenvalue weighted by Gasteiger charge is -2.28. The van der Waals surface area contributed by atoms with Crippen LogP contribution < -0.4 is 16.0 Å². The van der Waals surface area contributed by atoms with Crippen LogP contribution >= 0.6 is 23.2 Å². The Morgan fingerprint density at radius 2 is 1.60 bits per heavy atom. The van der Waals surface area contributed by atoms with E-state index in [1.807, 2.05) is 7.05 Å². The first-order chi connectivity index (χ1) is 9.56. The van der Waals surface area contributed by atoms with Crippen molar-refractivity contribution in [3.8, 4) is 0 Å². The summed E-state index contributed by atoms with van der Waals surface area (Å²) in [6.45, 7) is 0. The van der Waals surface area contributed by atoms with Gasteiger partial charge in [0.25, 0.3) is 0 Å². The molecule has 0 spiro atoms. The van der Waals surface area contributed by atoms with Crippen LogP contribution in [-0.2, 0) is 0 Å². The van der Waals surface area contributed by atoms with Gasteiger partial charge in [-0.3, -0.25) is 0 Å². The first kappa shape index (κ1) is 15.4. The van der Waals surface area contributed by atoms with E-state index < -0.39 is 0 Å². The zero-order valence-electron chi connectivity index (χ0n) is 11.4. The van der Waals surface area contributed by atoms with Crippen LogP contribution in [0.1, 0.15) is 25.7 Å². The third-order valence-electron chi connectivity index (χ3n) is 3.59. The van der Waals surface area contributed by atoms with Crippen LogP contribution in [0.2, 0.25) is 10.0 Å². The molecule has 0 unspecified atom stereocenters. The highest BCUT2D eigenvalue weighted by Crippen LogP contribution is 2.23. The summed E-state index contributed by atoms with van der Waals surface area (Å²) in [5.74, 6) is 0. The molecule has 0 atom stereocenters. The zero-order valence-corrected chi connectivity index (χ0v) is 12.9. The summed E-state index contributed by atoms with van der Waals surface area (Å²) in [5.41, 5.74) is 0.601. The fraction of sp³-hybridized carbons (Fsp3) is 0.500. The van der Waals surface area contributed by atoms with Gasteiger partial charge in [0.05, 0.1) is 0 Å². The highest BCUT2D eigenvalue weighted by molar-refractivity contribution is 6.35. The molecule has 0 heterocycles. The SMILES string of the molecule is CNC1CCC(NC(=O)Nc2cc(Cl)cc(Cl)c2)CC1. The Morgan fingerprint density at radius 1 is 1.05 bits per heavy atom. The number of hydrogen-bond donors (Lipinski definition) is 3. The average Bonchev–Trinajstić information content (AvgIpc) is 2.38. The Morgan fingerprint density at radius 3 is 2.15 bits per heavy atom. The number of carbonyl (C=O) groups is 1. The molecule has 1 aromatic rings. The van der Waals surface area contributed by atoms with E-state index in [1.165, 1.54) is 0 Å². The first-order valence-electron chi connectivity index (χ1n) is 6.77. The molecule has 1 aromatic carbocycles. The summed E-state index contributed by atoms with van der Waals surface area (Å²) in [5, 5.41) is 10.0. The molecule has 110 valence electrons. The van der Waals surface area contributed by atoms with E-state index in [9.17, 15) is 4.79 Å². The zero-order chi connectivity index (χ0) is 14.5. The fourth-order valence-corrected chi connectivity index (χ4v) is 3.03. The predicted molar refractivity (Wildman–Crippen MR) is 83.7 cm³/mol. The number of rotatable bonds is 3. The molecule has 6 heteroatoms. The van der Waals surface area contributed by atoms with E-state index in [-0.39, 0.29) is 12.1 Å². The largest absolute Gasteiger partial charge is 0.335 e. The molecule has 2 amide bonds. The average molecular weight is 316 g/mol. The number of halogens is 2. The molecular weight excluding hydrogens is 297 g/mol. The van der Waals surface area contributed by atoms with E-state index in [1.54, 1.807) is 18.2 Å². The monoisotopic (exact) mass is 315 g/mol. The van der Waals surface area contributed by atoms with Crippen LogP contribution in [-0.4, -0.2) is 25.2 Å². The van der Waals surface area contributed by atoms with Crippen molar-refractivity contribution < 1.29 is 4.79 Å². The van der Waals surface area contributed by atoms with Crippen molar-refractivity contribution >= 4 is 34.9 Å². The van der Waals surface area contributed by atoms with Crippen LogP contribution in [0.5, 0.6) is 0 Å². The van der Waals surface area contributed by atoms with Gasteiger partial charge in [0.15, 0.2) is 0 Å². The normalized spacial score (nSPS) is 22.4. The van der Waals surface area contributed by atoms with Gasteiger partial charge < -0.3 is 16.0 Å². The van der Waals surface area contributed by atoms with Gasteiger partial charge in [-0.1, -0.05) is 23.2 Å². The van der Waals surface area contributed by atoms with Crippen molar-refractivity contribution in [3.05, 3.63) is 28.2 Å². The minimum Gasteiger partial charge on any atom is -0.335 e. The summed E-state index contributed by atoms with van der Waals surface area (Å²) >= 11 is 11.8. The van der Waals surface area contributed by atoms with Crippen molar-refractivity contribution in [2.75, 3.05) is 12.4 Å². The van der Waals surface area contributed by atoms with Gasteiger partial charge in [-0.05, 0) is 50.9 Å². The third-order valence-corrected chi connectivity index (χ3v) is 4.03. The van der Waals surface area contributed by atoms with Crippen LogP contribution in [0.25, 0.3) is 0 Å². The Kier molecular flexibility index (Phi) is 5.52. The molecule has 20 heavy (non-hydrogen) atoms. The molecule has 1 saturated carbocycles. The molecule has 4 nitrogen and oxygen atoms in total. The van der Waals surface area contributed by atoms with E-state index in [0.29, 0.717) is 21.8 Å². The van der Waals surface area contributed by atoms with Crippen LogP contribution in [0.15, 0.2) is 18.2 Å². The van der Waals surface area contributed by atoms with Gasteiger partial charge in [0.1, 0.15) is 0 Å². The maximum atomic E-state index is 11.9. The second-order valence-electron chi connectivity index (χ2n) is 5.09. The quantitative estimate of drug-likeness (QED) is 0.797. The Hall–Kier alpha value is -0.970. The summed E-state index contributed by atoms with van der Waals surface area (Å²) in [7, 11) is 1.98. The van der Waals surface area contributed by atoms with Crippen molar-refractivity contribution in [3.63, 3.8) is 0 Å². The van der Waals surface area contributed by atoms with E-state index in [4.69, 9.17) is 23.2 Å².